The molecule has 3 amide bonds. The second-order valence-electron chi connectivity index (χ2n) is 6.66. The Balaban J connectivity index is 1.67. The first-order valence-electron chi connectivity index (χ1n) is 8.75. The lowest BCUT2D eigenvalue weighted by molar-refractivity contribution is -0.150. The van der Waals surface area contributed by atoms with Gasteiger partial charge in [0.25, 0.3) is 0 Å². The van der Waals surface area contributed by atoms with Gasteiger partial charge in [-0.3, -0.25) is 19.3 Å². The van der Waals surface area contributed by atoms with E-state index in [1.807, 2.05) is 0 Å². The average Bonchev–Trinajstić information content (AvgIpc) is 2.98. The summed E-state index contributed by atoms with van der Waals surface area (Å²) in [4.78, 5) is 40.3. The molecule has 9 heteroatoms. The van der Waals surface area contributed by atoms with Crippen molar-refractivity contribution in [1.29, 1.82) is 0 Å². The summed E-state index contributed by atoms with van der Waals surface area (Å²) >= 11 is 0. The molecule has 1 aromatic rings. The maximum Gasteiger partial charge on any atom is 0.418 e. The molecule has 6 nitrogen and oxygen atoms in total. The fourth-order valence-corrected chi connectivity index (χ4v) is 3.56. The molecule has 0 saturated carbocycles. The first-order valence-corrected chi connectivity index (χ1v) is 8.75. The third-order valence-electron chi connectivity index (χ3n) is 4.98. The average molecular weight is 383 g/mol. The van der Waals surface area contributed by atoms with E-state index in [9.17, 15) is 27.6 Å². The number of anilines is 1. The molecular weight excluding hydrogens is 363 g/mol. The van der Waals surface area contributed by atoms with Crippen LogP contribution in [0.3, 0.4) is 0 Å². The minimum atomic E-state index is -4.45. The number of benzene rings is 1. The normalized spacial score (nSPS) is 19.6. The predicted octanol–water partition coefficient (Wildman–Crippen LogP) is 1.89. The number of piperazine rings is 1. The van der Waals surface area contributed by atoms with Crippen LogP contribution in [0.1, 0.15) is 25.3 Å². The van der Waals surface area contributed by atoms with E-state index in [0.717, 1.165) is 11.0 Å². The summed E-state index contributed by atoms with van der Waals surface area (Å²) in [6.07, 6.45) is -4.23. The summed E-state index contributed by atoms with van der Waals surface area (Å²) < 4.78 is 39.6. The SMILES string of the molecule is CC(C(=O)N1CCN(c2ccccc2C(F)(F)F)CC1)N1C(=O)CCC1=O. The molecule has 2 heterocycles. The standard InChI is InChI=1S/C18H20F3N3O3/c1-12(24-15(25)6-7-16(24)26)17(27)23-10-8-22(9-11-23)14-5-3-2-4-13(14)18(19,20)21/h2-5,12H,6-11H2,1H3. The number of amides is 3. The zero-order chi connectivity index (χ0) is 19.8. The van der Waals surface area contributed by atoms with Gasteiger partial charge in [-0.2, -0.15) is 13.2 Å². The highest BCUT2D eigenvalue weighted by molar-refractivity contribution is 6.05. The molecule has 27 heavy (non-hydrogen) atoms. The highest BCUT2D eigenvalue weighted by Crippen LogP contribution is 2.36. The molecule has 0 radical (unpaired) electrons. The van der Waals surface area contributed by atoms with Crippen molar-refractivity contribution >= 4 is 23.4 Å². The molecule has 2 fully saturated rings. The molecule has 0 aliphatic carbocycles. The smallest absolute Gasteiger partial charge is 0.367 e. The number of imide groups is 1. The van der Waals surface area contributed by atoms with Crippen molar-refractivity contribution in [2.75, 3.05) is 31.1 Å². The van der Waals surface area contributed by atoms with E-state index in [2.05, 4.69) is 0 Å². The van der Waals surface area contributed by atoms with Crippen molar-refractivity contribution in [3.05, 3.63) is 29.8 Å². The molecule has 2 aliphatic heterocycles. The van der Waals surface area contributed by atoms with E-state index >= 15 is 0 Å². The molecule has 2 saturated heterocycles. The third-order valence-corrected chi connectivity index (χ3v) is 4.98. The molecule has 1 aromatic carbocycles. The van der Waals surface area contributed by atoms with Crippen LogP contribution in [-0.2, 0) is 20.6 Å². The van der Waals surface area contributed by atoms with Crippen molar-refractivity contribution in [3.8, 4) is 0 Å². The number of carbonyl (C=O) groups excluding carboxylic acids is 3. The van der Waals surface area contributed by atoms with E-state index in [0.29, 0.717) is 0 Å². The van der Waals surface area contributed by atoms with E-state index in [1.54, 1.807) is 11.0 Å². The Kier molecular flexibility index (Phi) is 5.12. The van der Waals surface area contributed by atoms with E-state index < -0.39 is 17.8 Å². The van der Waals surface area contributed by atoms with Gasteiger partial charge in [-0.25, -0.2) is 0 Å². The van der Waals surface area contributed by atoms with Crippen molar-refractivity contribution in [3.63, 3.8) is 0 Å². The van der Waals surface area contributed by atoms with Gasteiger partial charge in [0.15, 0.2) is 0 Å². The van der Waals surface area contributed by atoms with Crippen LogP contribution in [0.15, 0.2) is 24.3 Å². The van der Waals surface area contributed by atoms with Gasteiger partial charge in [-0.05, 0) is 19.1 Å². The Morgan fingerprint density at radius 3 is 2.11 bits per heavy atom. The number of para-hydroxylation sites is 1. The molecule has 146 valence electrons. The summed E-state index contributed by atoms with van der Waals surface area (Å²) in [5, 5.41) is 0. The monoisotopic (exact) mass is 383 g/mol. The molecule has 0 spiro atoms. The van der Waals surface area contributed by atoms with Crippen molar-refractivity contribution in [1.82, 2.24) is 9.80 Å². The fourth-order valence-electron chi connectivity index (χ4n) is 3.56. The molecule has 0 N–H and O–H groups in total. The number of likely N-dealkylation sites (tertiary alicyclic amines) is 1. The second kappa shape index (κ2) is 7.21. The topological polar surface area (TPSA) is 60.9 Å². The Hall–Kier alpha value is -2.58. The van der Waals surface area contributed by atoms with Gasteiger partial charge in [0.2, 0.25) is 17.7 Å². The highest BCUT2D eigenvalue weighted by Gasteiger charge is 2.39. The van der Waals surface area contributed by atoms with Gasteiger partial charge in [0.05, 0.1) is 5.56 Å². The fraction of sp³-hybridized carbons (Fsp3) is 0.500. The maximum atomic E-state index is 13.2. The minimum Gasteiger partial charge on any atom is -0.367 e. The Labute approximate surface area is 154 Å². The zero-order valence-electron chi connectivity index (χ0n) is 14.8. The molecule has 0 aromatic heterocycles. The quantitative estimate of drug-likeness (QED) is 0.748. The van der Waals surface area contributed by atoms with Gasteiger partial charge in [0, 0.05) is 44.7 Å². The number of hydrogen-bond acceptors (Lipinski definition) is 4. The van der Waals surface area contributed by atoms with Crippen molar-refractivity contribution in [2.45, 2.75) is 32.0 Å². The van der Waals surface area contributed by atoms with Crippen LogP contribution in [0.5, 0.6) is 0 Å². The zero-order valence-corrected chi connectivity index (χ0v) is 14.8. The summed E-state index contributed by atoms with van der Waals surface area (Å²) in [6.45, 7) is 2.45. The first kappa shape index (κ1) is 19.2. The van der Waals surface area contributed by atoms with Crippen molar-refractivity contribution in [2.24, 2.45) is 0 Å². The predicted molar refractivity (Wildman–Crippen MR) is 90.8 cm³/mol. The van der Waals surface area contributed by atoms with Crippen LogP contribution in [0.4, 0.5) is 18.9 Å². The number of nitrogens with zero attached hydrogens (tertiary/aromatic N) is 3. The summed E-state index contributed by atoms with van der Waals surface area (Å²) in [7, 11) is 0. The summed E-state index contributed by atoms with van der Waals surface area (Å²) in [5.74, 6) is -1.08. The molecule has 3 rings (SSSR count). The van der Waals surface area contributed by atoms with Gasteiger partial charge < -0.3 is 9.80 Å². The van der Waals surface area contributed by atoms with E-state index in [-0.39, 0.29) is 62.4 Å². The van der Waals surface area contributed by atoms with Crippen LogP contribution < -0.4 is 4.90 Å². The number of alkyl halides is 3. The number of rotatable bonds is 3. The van der Waals surface area contributed by atoms with Gasteiger partial charge in [-0.15, -0.1) is 0 Å². The van der Waals surface area contributed by atoms with Crippen LogP contribution in [0.2, 0.25) is 0 Å². The Morgan fingerprint density at radius 1 is 1.00 bits per heavy atom. The summed E-state index contributed by atoms with van der Waals surface area (Å²) in [5.41, 5.74) is -0.610. The van der Waals surface area contributed by atoms with Crippen LogP contribution in [0.25, 0.3) is 0 Å². The van der Waals surface area contributed by atoms with E-state index in [1.165, 1.54) is 24.0 Å². The van der Waals surface area contributed by atoms with Crippen LogP contribution in [-0.4, -0.2) is 59.7 Å². The van der Waals surface area contributed by atoms with E-state index in [4.69, 9.17) is 0 Å². The lowest BCUT2D eigenvalue weighted by atomic mass is 10.1. The second-order valence-corrected chi connectivity index (χ2v) is 6.66. The molecule has 0 bridgehead atoms. The van der Waals surface area contributed by atoms with Gasteiger partial charge in [0.1, 0.15) is 6.04 Å². The van der Waals surface area contributed by atoms with Crippen LogP contribution >= 0.6 is 0 Å². The lowest BCUT2D eigenvalue weighted by Gasteiger charge is -2.38. The van der Waals surface area contributed by atoms with Gasteiger partial charge in [-0.1, -0.05) is 12.1 Å². The largest absolute Gasteiger partial charge is 0.418 e. The first-order chi connectivity index (χ1) is 12.7. The maximum absolute atomic E-state index is 13.2. The Bertz CT molecular complexity index is 742. The third kappa shape index (κ3) is 3.77. The van der Waals surface area contributed by atoms with Gasteiger partial charge >= 0.3 is 6.18 Å². The number of hydrogen-bond donors (Lipinski definition) is 0. The molecule has 1 atom stereocenters. The highest BCUT2D eigenvalue weighted by atomic mass is 19.4. The molecule has 2 aliphatic rings. The van der Waals surface area contributed by atoms with Crippen LogP contribution in [0, 0.1) is 0 Å². The minimum absolute atomic E-state index is 0.0926. The van der Waals surface area contributed by atoms with Crippen molar-refractivity contribution < 1.29 is 27.6 Å². The Morgan fingerprint density at radius 2 is 1.56 bits per heavy atom. The number of carbonyl (C=O) groups is 3. The molecular formula is C18H20F3N3O3. The lowest BCUT2D eigenvalue weighted by Crippen LogP contribution is -2.55. The molecule has 1 unspecified atom stereocenters. The summed E-state index contributed by atoms with van der Waals surface area (Å²) in [6, 6.07) is 4.47. The number of halogens is 3.